The molecule has 8 heteroatoms. The van der Waals surface area contributed by atoms with Crippen molar-refractivity contribution in [2.45, 2.75) is 25.2 Å². The summed E-state index contributed by atoms with van der Waals surface area (Å²) in [5, 5.41) is 17.5. The third kappa shape index (κ3) is 3.77. The van der Waals surface area contributed by atoms with Gasteiger partial charge in [-0.3, -0.25) is 4.79 Å². The number of carbonyl (C=O) groups is 1. The van der Waals surface area contributed by atoms with Crippen molar-refractivity contribution in [3.63, 3.8) is 0 Å². The quantitative estimate of drug-likeness (QED) is 0.425. The van der Waals surface area contributed by atoms with E-state index in [9.17, 15) is 4.79 Å². The van der Waals surface area contributed by atoms with E-state index in [1.54, 1.807) is 14.2 Å². The Kier molecular flexibility index (Phi) is 5.49. The second-order valence-corrected chi connectivity index (χ2v) is 8.43. The number of nitrogens with one attached hydrogen (secondary N) is 2. The van der Waals surface area contributed by atoms with Gasteiger partial charge in [0.1, 0.15) is 0 Å². The molecule has 0 saturated heterocycles. The highest BCUT2D eigenvalue weighted by Gasteiger charge is 2.51. The third-order valence-corrected chi connectivity index (χ3v) is 6.42. The zero-order valence-electron chi connectivity index (χ0n) is 19.3. The van der Waals surface area contributed by atoms with Gasteiger partial charge in [0, 0.05) is 11.3 Å². The molecule has 3 aromatic carbocycles. The molecule has 2 N–H and O–H groups in total. The summed E-state index contributed by atoms with van der Waals surface area (Å²) in [6.45, 7) is 2.05. The molecule has 1 saturated carbocycles. The lowest BCUT2D eigenvalue weighted by atomic mass is 9.91. The summed E-state index contributed by atoms with van der Waals surface area (Å²) in [5.74, 6) is 1.76. The van der Waals surface area contributed by atoms with Crippen LogP contribution < -0.4 is 14.8 Å². The van der Waals surface area contributed by atoms with E-state index in [-0.39, 0.29) is 5.91 Å². The largest absolute Gasteiger partial charge is 0.493 e. The van der Waals surface area contributed by atoms with E-state index < -0.39 is 5.41 Å². The number of rotatable bonds is 7. The van der Waals surface area contributed by atoms with Crippen molar-refractivity contribution in [3.05, 3.63) is 71.8 Å². The number of aromatic nitrogens is 4. The van der Waals surface area contributed by atoms with Crippen LogP contribution in [0.15, 0.2) is 60.7 Å². The Bertz CT molecular complexity index is 1350. The Labute approximate surface area is 197 Å². The molecule has 0 atom stereocenters. The Balaban J connectivity index is 1.51. The second kappa shape index (κ2) is 8.62. The standard InChI is InChI=1S/C26H25N5O3/c1-16-6-4-5-7-21(16)26(12-13-26)25(32)27-18-9-10-19(20(15-18)24-28-30-31-29-24)17-8-11-22(33-2)23(14-17)34-3/h4-11,14-15H,12-13H2,1-3H3,(H,27,32)(H,28,29,30,31). The molecule has 34 heavy (non-hydrogen) atoms. The van der Waals surface area contributed by atoms with Crippen LogP contribution in [-0.2, 0) is 10.2 Å². The molecule has 5 rings (SSSR count). The molecule has 1 aliphatic carbocycles. The van der Waals surface area contributed by atoms with Crippen molar-refractivity contribution in [2.75, 3.05) is 19.5 Å². The van der Waals surface area contributed by atoms with Crippen LogP contribution in [0.2, 0.25) is 0 Å². The first-order valence-electron chi connectivity index (χ1n) is 11.0. The van der Waals surface area contributed by atoms with Gasteiger partial charge in [0.15, 0.2) is 17.3 Å². The monoisotopic (exact) mass is 455 g/mol. The van der Waals surface area contributed by atoms with Gasteiger partial charge >= 0.3 is 0 Å². The summed E-state index contributed by atoms with van der Waals surface area (Å²) in [6, 6.07) is 19.5. The first-order chi connectivity index (χ1) is 16.6. The Morgan fingerprint density at radius 1 is 0.971 bits per heavy atom. The minimum absolute atomic E-state index is 0.00214. The van der Waals surface area contributed by atoms with Crippen LogP contribution in [0.25, 0.3) is 22.5 Å². The van der Waals surface area contributed by atoms with E-state index in [1.165, 1.54) is 0 Å². The number of aryl methyl sites for hydroxylation is 1. The van der Waals surface area contributed by atoms with Crippen molar-refractivity contribution < 1.29 is 14.3 Å². The molecule has 4 aromatic rings. The first-order valence-corrected chi connectivity index (χ1v) is 11.0. The number of hydrogen-bond acceptors (Lipinski definition) is 6. The number of carbonyl (C=O) groups excluding carboxylic acids is 1. The predicted molar refractivity (Wildman–Crippen MR) is 129 cm³/mol. The summed E-state index contributed by atoms with van der Waals surface area (Å²) in [4.78, 5) is 13.4. The number of hydrogen-bond donors (Lipinski definition) is 2. The number of H-pyrrole nitrogens is 1. The second-order valence-electron chi connectivity index (χ2n) is 8.43. The Morgan fingerprint density at radius 3 is 2.44 bits per heavy atom. The molecule has 1 aromatic heterocycles. The number of methoxy groups -OCH3 is 2. The average Bonchev–Trinajstić information content (AvgIpc) is 3.49. The number of aromatic amines is 1. The molecule has 1 fully saturated rings. The van der Waals surface area contributed by atoms with Crippen LogP contribution in [0.3, 0.4) is 0 Å². The van der Waals surface area contributed by atoms with Gasteiger partial charge in [-0.2, -0.15) is 0 Å². The summed E-state index contributed by atoms with van der Waals surface area (Å²) >= 11 is 0. The summed E-state index contributed by atoms with van der Waals surface area (Å²) in [5.41, 5.74) is 4.98. The SMILES string of the molecule is COc1ccc(-c2ccc(NC(=O)C3(c4ccccc4C)CC3)cc2-c2nnn[nH]2)cc1OC. The van der Waals surface area contributed by atoms with Crippen molar-refractivity contribution in [1.29, 1.82) is 0 Å². The minimum atomic E-state index is -0.471. The van der Waals surface area contributed by atoms with E-state index in [0.717, 1.165) is 40.7 Å². The van der Waals surface area contributed by atoms with E-state index >= 15 is 0 Å². The number of tetrazole rings is 1. The predicted octanol–water partition coefficient (Wildman–Crippen LogP) is 4.53. The zero-order valence-corrected chi connectivity index (χ0v) is 19.3. The van der Waals surface area contributed by atoms with E-state index in [2.05, 4.69) is 38.9 Å². The van der Waals surface area contributed by atoms with Gasteiger partial charge in [-0.15, -0.1) is 5.10 Å². The number of benzene rings is 3. The van der Waals surface area contributed by atoms with Crippen LogP contribution in [0.4, 0.5) is 5.69 Å². The first kappa shape index (κ1) is 21.6. The van der Waals surface area contributed by atoms with E-state index in [1.807, 2.05) is 54.6 Å². The summed E-state index contributed by atoms with van der Waals surface area (Å²) in [6.07, 6.45) is 1.68. The van der Waals surface area contributed by atoms with E-state index in [4.69, 9.17) is 9.47 Å². The highest BCUT2D eigenvalue weighted by Crippen LogP contribution is 2.50. The molecule has 0 radical (unpaired) electrons. The Hall–Kier alpha value is -4.20. The number of nitrogens with zero attached hydrogens (tertiary/aromatic N) is 3. The van der Waals surface area contributed by atoms with Crippen LogP contribution in [0.5, 0.6) is 11.5 Å². The van der Waals surface area contributed by atoms with Gasteiger partial charge in [0.2, 0.25) is 5.91 Å². The van der Waals surface area contributed by atoms with Crippen molar-refractivity contribution in [1.82, 2.24) is 20.6 Å². The van der Waals surface area contributed by atoms with Gasteiger partial charge in [-0.05, 0) is 76.7 Å². The number of anilines is 1. The van der Waals surface area contributed by atoms with Gasteiger partial charge in [0.05, 0.1) is 19.6 Å². The van der Waals surface area contributed by atoms with Gasteiger partial charge in [-0.25, -0.2) is 5.10 Å². The normalized spacial score (nSPS) is 13.9. The minimum Gasteiger partial charge on any atom is -0.493 e. The summed E-state index contributed by atoms with van der Waals surface area (Å²) < 4.78 is 10.8. The number of ether oxygens (including phenoxy) is 2. The Morgan fingerprint density at radius 2 is 1.76 bits per heavy atom. The molecule has 0 spiro atoms. The molecule has 1 amide bonds. The molecule has 8 nitrogen and oxygen atoms in total. The van der Waals surface area contributed by atoms with Crippen LogP contribution in [0.1, 0.15) is 24.0 Å². The van der Waals surface area contributed by atoms with Gasteiger partial charge < -0.3 is 14.8 Å². The lowest BCUT2D eigenvalue weighted by Gasteiger charge is -2.19. The molecular formula is C26H25N5O3. The van der Waals surface area contributed by atoms with Crippen LogP contribution in [-0.4, -0.2) is 40.8 Å². The fourth-order valence-corrected chi connectivity index (χ4v) is 4.45. The van der Waals surface area contributed by atoms with Gasteiger partial charge in [-0.1, -0.05) is 36.4 Å². The van der Waals surface area contributed by atoms with Crippen LogP contribution >= 0.6 is 0 Å². The maximum Gasteiger partial charge on any atom is 0.235 e. The van der Waals surface area contributed by atoms with Crippen molar-refractivity contribution in [3.8, 4) is 34.0 Å². The maximum absolute atomic E-state index is 13.4. The topological polar surface area (TPSA) is 102 Å². The highest BCUT2D eigenvalue weighted by atomic mass is 16.5. The fraction of sp³-hybridized carbons (Fsp3) is 0.231. The molecular weight excluding hydrogens is 430 g/mol. The summed E-state index contributed by atoms with van der Waals surface area (Å²) in [7, 11) is 3.20. The molecule has 172 valence electrons. The van der Waals surface area contributed by atoms with Crippen molar-refractivity contribution in [2.24, 2.45) is 0 Å². The smallest absolute Gasteiger partial charge is 0.235 e. The third-order valence-electron chi connectivity index (χ3n) is 6.42. The van der Waals surface area contributed by atoms with Crippen molar-refractivity contribution >= 4 is 11.6 Å². The lowest BCUT2D eigenvalue weighted by molar-refractivity contribution is -0.118. The molecule has 1 aliphatic rings. The zero-order chi connectivity index (χ0) is 23.7. The molecule has 0 bridgehead atoms. The molecule has 0 unspecified atom stereocenters. The molecule has 1 heterocycles. The van der Waals surface area contributed by atoms with E-state index in [0.29, 0.717) is 23.0 Å². The number of amides is 1. The van der Waals surface area contributed by atoms with Crippen LogP contribution in [0, 0.1) is 6.92 Å². The maximum atomic E-state index is 13.4. The van der Waals surface area contributed by atoms with Gasteiger partial charge in [0.25, 0.3) is 0 Å². The fourth-order valence-electron chi connectivity index (χ4n) is 4.45. The highest BCUT2D eigenvalue weighted by molar-refractivity contribution is 6.02. The lowest BCUT2D eigenvalue weighted by Crippen LogP contribution is -2.28. The molecule has 0 aliphatic heterocycles. The average molecular weight is 456 g/mol.